The molecule has 0 radical (unpaired) electrons. The molecule has 0 aromatic heterocycles. The zero-order valence-electron chi connectivity index (χ0n) is 8.24. The molecule has 0 spiro atoms. The fourth-order valence-electron chi connectivity index (χ4n) is 0.699. The minimum absolute atomic E-state index is 0.0632. The van der Waals surface area contributed by atoms with Crippen molar-refractivity contribution in [2.45, 2.75) is 39.2 Å². The van der Waals surface area contributed by atoms with Gasteiger partial charge in [0, 0.05) is 6.61 Å². The second-order valence-corrected chi connectivity index (χ2v) is 3.42. The van der Waals surface area contributed by atoms with Crippen molar-refractivity contribution in [2.75, 3.05) is 20.2 Å². The molecule has 0 aliphatic heterocycles. The Bertz CT molecular complexity index is 91.6. The van der Waals surface area contributed by atoms with Gasteiger partial charge < -0.3 is 10.1 Å². The number of rotatable bonds is 6. The minimum atomic E-state index is 0.0632. The first kappa shape index (κ1) is 10.9. The summed E-state index contributed by atoms with van der Waals surface area (Å²) in [6, 6.07) is 0. The molecule has 11 heavy (non-hydrogen) atoms. The first-order valence-corrected chi connectivity index (χ1v) is 4.41. The molecule has 0 bridgehead atoms. The lowest BCUT2D eigenvalue weighted by Gasteiger charge is -2.23. The Morgan fingerprint density at radius 1 is 1.36 bits per heavy atom. The Hall–Kier alpha value is -0.0800. The summed E-state index contributed by atoms with van der Waals surface area (Å²) in [5, 5.41) is 3.09. The lowest BCUT2D eigenvalue weighted by atomic mass is 10.1. The molecule has 0 unspecified atom stereocenters. The van der Waals surface area contributed by atoms with Gasteiger partial charge in [0.1, 0.15) is 0 Å². The summed E-state index contributed by atoms with van der Waals surface area (Å²) in [4.78, 5) is 0. The normalized spacial score (nSPS) is 12.0. The highest BCUT2D eigenvalue weighted by atomic mass is 16.5. The maximum absolute atomic E-state index is 5.64. The fraction of sp³-hybridized carbons (Fsp3) is 1.00. The van der Waals surface area contributed by atoms with Gasteiger partial charge in [-0.05, 0) is 40.3 Å². The van der Waals surface area contributed by atoms with Crippen molar-refractivity contribution >= 4 is 0 Å². The average Bonchev–Trinajstić information content (AvgIpc) is 1.99. The lowest BCUT2D eigenvalue weighted by Crippen LogP contribution is -2.24. The summed E-state index contributed by atoms with van der Waals surface area (Å²) < 4.78 is 5.64. The molecule has 0 aliphatic rings. The molecule has 0 saturated carbocycles. The van der Waals surface area contributed by atoms with Crippen LogP contribution in [0.15, 0.2) is 0 Å². The van der Waals surface area contributed by atoms with Crippen LogP contribution in [-0.4, -0.2) is 25.8 Å². The molecule has 2 heteroatoms. The van der Waals surface area contributed by atoms with Gasteiger partial charge >= 0.3 is 0 Å². The largest absolute Gasteiger partial charge is 0.376 e. The molecule has 0 aliphatic carbocycles. The monoisotopic (exact) mass is 159 g/mol. The van der Waals surface area contributed by atoms with Gasteiger partial charge in [-0.2, -0.15) is 0 Å². The molecule has 2 nitrogen and oxygen atoms in total. The fourth-order valence-corrected chi connectivity index (χ4v) is 0.699. The van der Waals surface area contributed by atoms with Crippen molar-refractivity contribution in [3.05, 3.63) is 0 Å². The van der Waals surface area contributed by atoms with E-state index >= 15 is 0 Å². The van der Waals surface area contributed by atoms with Gasteiger partial charge in [0.25, 0.3) is 0 Å². The van der Waals surface area contributed by atoms with Crippen molar-refractivity contribution in [1.82, 2.24) is 5.32 Å². The van der Waals surface area contributed by atoms with E-state index < -0.39 is 0 Å². The molecule has 0 aromatic carbocycles. The summed E-state index contributed by atoms with van der Waals surface area (Å²) >= 11 is 0. The van der Waals surface area contributed by atoms with Crippen LogP contribution >= 0.6 is 0 Å². The molecule has 0 heterocycles. The Morgan fingerprint density at radius 3 is 2.45 bits per heavy atom. The van der Waals surface area contributed by atoms with E-state index in [1.165, 1.54) is 0 Å². The molecule has 0 saturated heterocycles. The second kappa shape index (κ2) is 5.56. The maximum Gasteiger partial charge on any atom is 0.0623 e. The highest BCUT2D eigenvalue weighted by Crippen LogP contribution is 2.13. The van der Waals surface area contributed by atoms with Crippen LogP contribution in [0.1, 0.15) is 33.6 Å². The summed E-state index contributed by atoms with van der Waals surface area (Å²) in [5.41, 5.74) is 0.0632. The van der Waals surface area contributed by atoms with E-state index in [4.69, 9.17) is 4.74 Å². The van der Waals surface area contributed by atoms with Gasteiger partial charge in [0.05, 0.1) is 5.60 Å². The Balaban J connectivity index is 3.23. The SMILES string of the molecule is CCC(C)(C)OCCCNC. The molecular formula is C9H21NO. The van der Waals surface area contributed by atoms with Crippen LogP contribution in [0.25, 0.3) is 0 Å². The van der Waals surface area contributed by atoms with Crippen molar-refractivity contribution in [2.24, 2.45) is 0 Å². The predicted molar refractivity (Wildman–Crippen MR) is 48.9 cm³/mol. The average molecular weight is 159 g/mol. The van der Waals surface area contributed by atoms with E-state index in [9.17, 15) is 0 Å². The van der Waals surface area contributed by atoms with E-state index in [1.54, 1.807) is 0 Å². The topological polar surface area (TPSA) is 21.3 Å². The molecule has 68 valence electrons. The van der Waals surface area contributed by atoms with Gasteiger partial charge in [-0.1, -0.05) is 6.92 Å². The highest BCUT2D eigenvalue weighted by molar-refractivity contribution is 4.64. The molecule has 0 amide bonds. The standard InChI is InChI=1S/C9H21NO/c1-5-9(2,3)11-8-6-7-10-4/h10H,5-8H2,1-4H3. The van der Waals surface area contributed by atoms with Gasteiger partial charge in [0.2, 0.25) is 0 Å². The van der Waals surface area contributed by atoms with Crippen LogP contribution in [0.5, 0.6) is 0 Å². The first-order chi connectivity index (χ1) is 5.12. The first-order valence-electron chi connectivity index (χ1n) is 4.41. The van der Waals surface area contributed by atoms with Crippen molar-refractivity contribution in [3.63, 3.8) is 0 Å². The van der Waals surface area contributed by atoms with E-state index in [0.29, 0.717) is 0 Å². The van der Waals surface area contributed by atoms with Crippen LogP contribution in [0.4, 0.5) is 0 Å². The zero-order chi connectivity index (χ0) is 8.74. The second-order valence-electron chi connectivity index (χ2n) is 3.42. The van der Waals surface area contributed by atoms with Gasteiger partial charge in [-0.15, -0.1) is 0 Å². The summed E-state index contributed by atoms with van der Waals surface area (Å²) in [5.74, 6) is 0. The number of hydrogen-bond acceptors (Lipinski definition) is 2. The van der Waals surface area contributed by atoms with E-state index in [-0.39, 0.29) is 5.60 Å². The van der Waals surface area contributed by atoms with Crippen LogP contribution < -0.4 is 5.32 Å². The van der Waals surface area contributed by atoms with Crippen LogP contribution in [0, 0.1) is 0 Å². The molecule has 0 fully saturated rings. The Morgan fingerprint density at radius 2 is 2.00 bits per heavy atom. The molecule has 0 rings (SSSR count). The lowest BCUT2D eigenvalue weighted by molar-refractivity contribution is -0.0206. The quantitative estimate of drug-likeness (QED) is 0.597. The van der Waals surface area contributed by atoms with Crippen molar-refractivity contribution < 1.29 is 4.74 Å². The van der Waals surface area contributed by atoms with Crippen LogP contribution in [0.2, 0.25) is 0 Å². The predicted octanol–water partition coefficient (Wildman–Crippen LogP) is 1.80. The zero-order valence-corrected chi connectivity index (χ0v) is 8.24. The minimum Gasteiger partial charge on any atom is -0.376 e. The number of nitrogens with one attached hydrogen (secondary N) is 1. The maximum atomic E-state index is 5.64. The summed E-state index contributed by atoms with van der Waals surface area (Å²) in [7, 11) is 1.96. The smallest absolute Gasteiger partial charge is 0.0623 e. The molecule has 0 aromatic rings. The van der Waals surface area contributed by atoms with Crippen LogP contribution in [0.3, 0.4) is 0 Å². The summed E-state index contributed by atoms with van der Waals surface area (Å²) in [6.07, 6.45) is 2.17. The third-order valence-corrected chi connectivity index (χ3v) is 1.92. The van der Waals surface area contributed by atoms with E-state index in [0.717, 1.165) is 26.0 Å². The third-order valence-electron chi connectivity index (χ3n) is 1.92. The number of ether oxygens (including phenoxy) is 1. The molecular weight excluding hydrogens is 138 g/mol. The Labute approximate surface area is 70.3 Å². The van der Waals surface area contributed by atoms with Gasteiger partial charge in [-0.25, -0.2) is 0 Å². The van der Waals surface area contributed by atoms with E-state index in [1.807, 2.05) is 7.05 Å². The van der Waals surface area contributed by atoms with Gasteiger partial charge in [0.15, 0.2) is 0 Å². The molecule has 0 atom stereocenters. The number of hydrogen-bond donors (Lipinski definition) is 1. The van der Waals surface area contributed by atoms with Crippen molar-refractivity contribution in [3.8, 4) is 0 Å². The van der Waals surface area contributed by atoms with Crippen LogP contribution in [-0.2, 0) is 4.74 Å². The van der Waals surface area contributed by atoms with Crippen molar-refractivity contribution in [1.29, 1.82) is 0 Å². The summed E-state index contributed by atoms with van der Waals surface area (Å²) in [6.45, 7) is 8.32. The molecule has 1 N–H and O–H groups in total. The van der Waals surface area contributed by atoms with E-state index in [2.05, 4.69) is 26.1 Å². The third kappa shape index (κ3) is 6.32. The highest BCUT2D eigenvalue weighted by Gasteiger charge is 2.13. The Kier molecular flexibility index (Phi) is 5.51. The van der Waals surface area contributed by atoms with Gasteiger partial charge in [-0.3, -0.25) is 0 Å².